The van der Waals surface area contributed by atoms with E-state index in [0.29, 0.717) is 0 Å². The van der Waals surface area contributed by atoms with Crippen molar-refractivity contribution in [3.05, 3.63) is 17.5 Å². The predicted octanol–water partition coefficient (Wildman–Crippen LogP) is 1.13. The molecule has 0 saturated carbocycles. The van der Waals surface area contributed by atoms with E-state index in [1.165, 1.54) is 5.56 Å². The van der Waals surface area contributed by atoms with E-state index < -0.39 is 0 Å². The molecule has 0 unspecified atom stereocenters. The molecule has 2 rings (SSSR count). The molecule has 1 fully saturated rings. The number of aromatic nitrogens is 2. The highest BCUT2D eigenvalue weighted by Crippen LogP contribution is 2.11. The molecule has 0 aromatic carbocycles. The van der Waals surface area contributed by atoms with E-state index in [1.54, 1.807) is 0 Å². The van der Waals surface area contributed by atoms with Gasteiger partial charge in [-0.15, -0.1) is 0 Å². The number of thiocarbonyl (C=S) groups is 1. The van der Waals surface area contributed by atoms with Crippen LogP contribution in [0.4, 0.5) is 0 Å². The second-order valence-electron chi connectivity index (χ2n) is 5.41. The molecule has 112 valence electrons. The van der Waals surface area contributed by atoms with E-state index >= 15 is 0 Å². The molecule has 0 bridgehead atoms. The van der Waals surface area contributed by atoms with Gasteiger partial charge in [0.05, 0.1) is 5.69 Å². The summed E-state index contributed by atoms with van der Waals surface area (Å²) in [5.74, 6) is 0. The molecule has 0 aliphatic carbocycles. The first-order valence-electron chi connectivity index (χ1n) is 7.34. The number of nitrogens with one attached hydrogen (secondary N) is 1. The van der Waals surface area contributed by atoms with E-state index in [4.69, 9.17) is 12.2 Å². The van der Waals surface area contributed by atoms with Crippen molar-refractivity contribution in [2.75, 3.05) is 32.7 Å². The average molecular weight is 295 g/mol. The molecular weight excluding hydrogens is 270 g/mol. The predicted molar refractivity (Wildman–Crippen MR) is 85.7 cm³/mol. The van der Waals surface area contributed by atoms with Gasteiger partial charge in [0, 0.05) is 58.1 Å². The first-order valence-corrected chi connectivity index (χ1v) is 7.75. The minimum atomic E-state index is 0.907. The van der Waals surface area contributed by atoms with Gasteiger partial charge in [-0.3, -0.25) is 9.58 Å². The van der Waals surface area contributed by atoms with Gasteiger partial charge in [0.15, 0.2) is 5.11 Å². The number of aryl methyl sites for hydroxylation is 2. The normalized spacial score (nSPS) is 16.4. The highest BCUT2D eigenvalue weighted by Gasteiger charge is 2.19. The van der Waals surface area contributed by atoms with Crippen molar-refractivity contribution in [1.82, 2.24) is 24.9 Å². The summed E-state index contributed by atoms with van der Waals surface area (Å²) in [5.41, 5.74) is 2.46. The Morgan fingerprint density at radius 1 is 1.35 bits per heavy atom. The standard InChI is InChI=1S/C14H25N5S/c1-4-5-15-14(20)19-8-6-18(7-9-19)11-13-10-17(3)16-12(13)2/h10H,4-9,11H2,1-3H3,(H,15,20). The summed E-state index contributed by atoms with van der Waals surface area (Å²) in [6.07, 6.45) is 3.23. The lowest BCUT2D eigenvalue weighted by molar-refractivity contribution is 0.174. The van der Waals surface area contributed by atoms with Crippen molar-refractivity contribution in [2.24, 2.45) is 7.05 Å². The fourth-order valence-electron chi connectivity index (χ4n) is 2.50. The summed E-state index contributed by atoms with van der Waals surface area (Å²) >= 11 is 5.41. The van der Waals surface area contributed by atoms with Gasteiger partial charge in [-0.25, -0.2) is 0 Å². The van der Waals surface area contributed by atoms with E-state index in [2.05, 4.69) is 40.3 Å². The van der Waals surface area contributed by atoms with E-state index in [-0.39, 0.29) is 0 Å². The van der Waals surface area contributed by atoms with Gasteiger partial charge in [-0.05, 0) is 25.6 Å². The number of hydrogen-bond acceptors (Lipinski definition) is 3. The Bertz CT molecular complexity index is 448. The third kappa shape index (κ3) is 3.93. The molecule has 1 aromatic rings. The molecule has 2 heterocycles. The third-order valence-corrected chi connectivity index (χ3v) is 4.10. The van der Waals surface area contributed by atoms with Crippen molar-refractivity contribution in [3.63, 3.8) is 0 Å². The van der Waals surface area contributed by atoms with Gasteiger partial charge in [0.2, 0.25) is 0 Å². The third-order valence-electron chi connectivity index (χ3n) is 3.69. The van der Waals surface area contributed by atoms with Crippen molar-refractivity contribution in [1.29, 1.82) is 0 Å². The van der Waals surface area contributed by atoms with E-state index in [9.17, 15) is 0 Å². The van der Waals surface area contributed by atoms with Crippen LogP contribution < -0.4 is 5.32 Å². The molecule has 0 radical (unpaired) electrons. The minimum absolute atomic E-state index is 0.907. The van der Waals surface area contributed by atoms with Crippen molar-refractivity contribution < 1.29 is 0 Å². The van der Waals surface area contributed by atoms with Gasteiger partial charge >= 0.3 is 0 Å². The van der Waals surface area contributed by atoms with Crippen LogP contribution in [0.5, 0.6) is 0 Å². The fraction of sp³-hybridized carbons (Fsp3) is 0.714. The quantitative estimate of drug-likeness (QED) is 0.843. The largest absolute Gasteiger partial charge is 0.363 e. The van der Waals surface area contributed by atoms with Crippen LogP contribution in [0, 0.1) is 6.92 Å². The number of hydrogen-bond donors (Lipinski definition) is 1. The Labute approximate surface area is 126 Å². The molecule has 0 atom stereocenters. The lowest BCUT2D eigenvalue weighted by Crippen LogP contribution is -2.51. The maximum atomic E-state index is 5.41. The lowest BCUT2D eigenvalue weighted by atomic mass is 10.2. The first-order chi connectivity index (χ1) is 9.60. The maximum absolute atomic E-state index is 5.41. The summed E-state index contributed by atoms with van der Waals surface area (Å²) < 4.78 is 1.89. The Hall–Kier alpha value is -1.14. The maximum Gasteiger partial charge on any atom is 0.169 e. The highest BCUT2D eigenvalue weighted by molar-refractivity contribution is 7.80. The van der Waals surface area contributed by atoms with Crippen LogP contribution in [-0.2, 0) is 13.6 Å². The molecule has 1 N–H and O–H groups in total. The van der Waals surface area contributed by atoms with E-state index in [0.717, 1.165) is 56.5 Å². The average Bonchev–Trinajstić information content (AvgIpc) is 2.75. The van der Waals surface area contributed by atoms with E-state index in [1.807, 2.05) is 11.7 Å². The monoisotopic (exact) mass is 295 g/mol. The molecule has 6 heteroatoms. The molecule has 0 amide bonds. The second-order valence-corrected chi connectivity index (χ2v) is 5.80. The van der Waals surface area contributed by atoms with Crippen molar-refractivity contribution >= 4 is 17.3 Å². The number of rotatable bonds is 4. The van der Waals surface area contributed by atoms with Crippen LogP contribution in [0.3, 0.4) is 0 Å². The second kappa shape index (κ2) is 7.04. The Kier molecular flexibility index (Phi) is 5.37. The smallest absolute Gasteiger partial charge is 0.169 e. The van der Waals surface area contributed by atoms with Crippen LogP contribution in [0.1, 0.15) is 24.6 Å². The van der Waals surface area contributed by atoms with Gasteiger partial charge in [-0.1, -0.05) is 6.92 Å². The van der Waals surface area contributed by atoms with Crippen LogP contribution in [0.15, 0.2) is 6.20 Å². The van der Waals surface area contributed by atoms with Crippen LogP contribution in [0.2, 0.25) is 0 Å². The van der Waals surface area contributed by atoms with Gasteiger partial charge in [-0.2, -0.15) is 5.10 Å². The molecule has 5 nitrogen and oxygen atoms in total. The fourth-order valence-corrected chi connectivity index (χ4v) is 2.78. The molecule has 0 spiro atoms. The van der Waals surface area contributed by atoms with Crippen LogP contribution in [-0.4, -0.2) is 57.4 Å². The summed E-state index contributed by atoms with van der Waals surface area (Å²) in [6.45, 7) is 10.3. The topological polar surface area (TPSA) is 36.3 Å². The molecule has 20 heavy (non-hydrogen) atoms. The summed E-state index contributed by atoms with van der Waals surface area (Å²) in [5, 5.41) is 8.61. The van der Waals surface area contributed by atoms with Crippen molar-refractivity contribution in [3.8, 4) is 0 Å². The summed E-state index contributed by atoms with van der Waals surface area (Å²) in [7, 11) is 1.98. The molecular formula is C14H25N5S. The number of piperazine rings is 1. The van der Waals surface area contributed by atoms with Gasteiger partial charge in [0.25, 0.3) is 0 Å². The van der Waals surface area contributed by atoms with Crippen LogP contribution >= 0.6 is 12.2 Å². The van der Waals surface area contributed by atoms with Gasteiger partial charge in [0.1, 0.15) is 0 Å². The van der Waals surface area contributed by atoms with Crippen molar-refractivity contribution in [2.45, 2.75) is 26.8 Å². The van der Waals surface area contributed by atoms with Gasteiger partial charge < -0.3 is 10.2 Å². The SMILES string of the molecule is CCCNC(=S)N1CCN(Cc2cn(C)nc2C)CC1. The minimum Gasteiger partial charge on any atom is -0.363 e. The molecule has 1 aromatic heterocycles. The lowest BCUT2D eigenvalue weighted by Gasteiger charge is -2.36. The Morgan fingerprint density at radius 3 is 2.60 bits per heavy atom. The Balaban J connectivity index is 1.79. The molecule has 1 aliphatic heterocycles. The summed E-state index contributed by atoms with van der Waals surface area (Å²) in [6, 6.07) is 0. The molecule has 1 aliphatic rings. The highest BCUT2D eigenvalue weighted by atomic mass is 32.1. The summed E-state index contributed by atoms with van der Waals surface area (Å²) in [4.78, 5) is 4.75. The van der Waals surface area contributed by atoms with Crippen LogP contribution in [0.25, 0.3) is 0 Å². The zero-order valence-electron chi connectivity index (χ0n) is 12.7. The number of nitrogens with zero attached hydrogens (tertiary/aromatic N) is 4. The zero-order chi connectivity index (χ0) is 14.5. The first kappa shape index (κ1) is 15.3. The zero-order valence-corrected chi connectivity index (χ0v) is 13.5. The molecule has 1 saturated heterocycles. The Morgan fingerprint density at radius 2 is 2.05 bits per heavy atom.